The Labute approximate surface area is 85.3 Å². The molecule has 0 heterocycles. The molecule has 0 saturated heterocycles. The molecule has 0 aliphatic heterocycles. The van der Waals surface area contributed by atoms with Crippen molar-refractivity contribution in [3.63, 3.8) is 0 Å². The van der Waals surface area contributed by atoms with E-state index in [1.807, 2.05) is 0 Å². The summed E-state index contributed by atoms with van der Waals surface area (Å²) in [6.45, 7) is 1.04. The number of carbonyl (C=O) groups excluding carboxylic acids is 1. The van der Waals surface area contributed by atoms with Crippen molar-refractivity contribution in [3.8, 4) is 0 Å². The van der Waals surface area contributed by atoms with Gasteiger partial charge < -0.3 is 15.3 Å². The first-order valence-corrected chi connectivity index (χ1v) is 5.16. The standard InChI is InChI=1S/C10H20N2O2/c1-12(2)9(14)4-3-7-11-10(8-13)5-6-10/h11,13H,3-8H2,1-2H3. The molecule has 0 aromatic rings. The lowest BCUT2D eigenvalue weighted by molar-refractivity contribution is -0.128. The summed E-state index contributed by atoms with van der Waals surface area (Å²) < 4.78 is 0. The van der Waals surface area contributed by atoms with Crippen molar-refractivity contribution in [2.24, 2.45) is 0 Å². The van der Waals surface area contributed by atoms with Crippen molar-refractivity contribution in [3.05, 3.63) is 0 Å². The third-order valence-corrected chi connectivity index (χ3v) is 2.72. The quantitative estimate of drug-likeness (QED) is 0.592. The summed E-state index contributed by atoms with van der Waals surface area (Å²) in [4.78, 5) is 12.8. The molecule has 14 heavy (non-hydrogen) atoms. The zero-order valence-electron chi connectivity index (χ0n) is 9.05. The van der Waals surface area contributed by atoms with Crippen LogP contribution in [-0.4, -0.2) is 48.7 Å². The summed E-state index contributed by atoms with van der Waals surface area (Å²) in [5, 5.41) is 12.3. The third kappa shape index (κ3) is 3.27. The van der Waals surface area contributed by atoms with Gasteiger partial charge in [0.25, 0.3) is 0 Å². The van der Waals surface area contributed by atoms with Gasteiger partial charge in [0.2, 0.25) is 5.91 Å². The summed E-state index contributed by atoms with van der Waals surface area (Å²) >= 11 is 0. The number of aliphatic hydroxyl groups excluding tert-OH is 1. The number of rotatable bonds is 6. The number of carbonyl (C=O) groups is 1. The summed E-state index contributed by atoms with van der Waals surface area (Å²) in [5.41, 5.74) is 0.00115. The predicted octanol–water partition coefficient (Wildman–Crippen LogP) is -0.0307. The maximum absolute atomic E-state index is 11.2. The highest BCUT2D eigenvalue weighted by Crippen LogP contribution is 2.34. The minimum Gasteiger partial charge on any atom is -0.394 e. The number of hydrogen-bond acceptors (Lipinski definition) is 3. The van der Waals surface area contributed by atoms with E-state index in [0.29, 0.717) is 6.42 Å². The van der Waals surface area contributed by atoms with Gasteiger partial charge >= 0.3 is 0 Å². The van der Waals surface area contributed by atoms with Crippen LogP contribution in [0.1, 0.15) is 25.7 Å². The van der Waals surface area contributed by atoms with E-state index in [9.17, 15) is 4.79 Å². The fraction of sp³-hybridized carbons (Fsp3) is 0.900. The molecule has 1 amide bonds. The second kappa shape index (κ2) is 4.75. The molecule has 82 valence electrons. The first-order chi connectivity index (χ1) is 6.59. The van der Waals surface area contributed by atoms with Crippen LogP contribution >= 0.6 is 0 Å². The highest BCUT2D eigenvalue weighted by molar-refractivity contribution is 5.75. The Balaban J connectivity index is 2.02. The predicted molar refractivity (Wildman–Crippen MR) is 55.0 cm³/mol. The number of nitrogens with zero attached hydrogens (tertiary/aromatic N) is 1. The van der Waals surface area contributed by atoms with Gasteiger partial charge in [0.05, 0.1) is 6.61 Å². The molecular formula is C10H20N2O2. The lowest BCUT2D eigenvalue weighted by Crippen LogP contribution is -2.35. The van der Waals surface area contributed by atoms with Crippen molar-refractivity contribution in [2.75, 3.05) is 27.2 Å². The highest BCUT2D eigenvalue weighted by Gasteiger charge is 2.41. The molecule has 1 rings (SSSR count). The van der Waals surface area contributed by atoms with Crippen LogP contribution in [0.5, 0.6) is 0 Å². The molecule has 4 nitrogen and oxygen atoms in total. The summed E-state index contributed by atoms with van der Waals surface area (Å²) in [5.74, 6) is 0.167. The molecule has 1 fully saturated rings. The first-order valence-electron chi connectivity index (χ1n) is 5.16. The summed E-state index contributed by atoms with van der Waals surface area (Å²) in [6.07, 6.45) is 3.55. The van der Waals surface area contributed by atoms with Gasteiger partial charge in [-0.1, -0.05) is 0 Å². The Hall–Kier alpha value is -0.610. The lowest BCUT2D eigenvalue weighted by atomic mass is 10.2. The molecule has 0 bridgehead atoms. The molecule has 4 heteroatoms. The molecule has 1 saturated carbocycles. The van der Waals surface area contributed by atoms with Crippen molar-refractivity contribution in [1.82, 2.24) is 10.2 Å². The van der Waals surface area contributed by atoms with Gasteiger partial charge in [-0.25, -0.2) is 0 Å². The van der Waals surface area contributed by atoms with Gasteiger partial charge in [-0.05, 0) is 25.8 Å². The monoisotopic (exact) mass is 200 g/mol. The Morgan fingerprint density at radius 1 is 1.50 bits per heavy atom. The molecule has 0 spiro atoms. The van der Waals surface area contributed by atoms with Gasteiger partial charge in [-0.15, -0.1) is 0 Å². The Kier molecular flexibility index (Phi) is 3.89. The van der Waals surface area contributed by atoms with E-state index in [-0.39, 0.29) is 18.1 Å². The number of amides is 1. The minimum absolute atomic E-state index is 0.00115. The van der Waals surface area contributed by atoms with Gasteiger partial charge in [-0.2, -0.15) is 0 Å². The Bertz CT molecular complexity index is 200. The smallest absolute Gasteiger partial charge is 0.222 e. The maximum atomic E-state index is 11.2. The van der Waals surface area contributed by atoms with E-state index in [2.05, 4.69) is 5.32 Å². The number of hydrogen-bond donors (Lipinski definition) is 2. The second-order valence-corrected chi connectivity index (χ2v) is 4.26. The molecule has 1 aliphatic carbocycles. The third-order valence-electron chi connectivity index (χ3n) is 2.72. The molecule has 0 aromatic heterocycles. The first kappa shape index (κ1) is 11.5. The van der Waals surface area contributed by atoms with Crippen LogP contribution in [0.4, 0.5) is 0 Å². The number of aliphatic hydroxyl groups is 1. The van der Waals surface area contributed by atoms with E-state index in [1.54, 1.807) is 19.0 Å². The van der Waals surface area contributed by atoms with Gasteiger partial charge in [-0.3, -0.25) is 4.79 Å². The van der Waals surface area contributed by atoms with Crippen LogP contribution in [0.15, 0.2) is 0 Å². The van der Waals surface area contributed by atoms with Crippen molar-refractivity contribution in [1.29, 1.82) is 0 Å². The van der Waals surface area contributed by atoms with Crippen LogP contribution in [-0.2, 0) is 4.79 Å². The van der Waals surface area contributed by atoms with Crippen LogP contribution < -0.4 is 5.32 Å². The Morgan fingerprint density at radius 2 is 2.14 bits per heavy atom. The van der Waals surface area contributed by atoms with Crippen molar-refractivity contribution < 1.29 is 9.90 Å². The van der Waals surface area contributed by atoms with Gasteiger partial charge in [0.1, 0.15) is 0 Å². The Morgan fingerprint density at radius 3 is 2.57 bits per heavy atom. The number of nitrogens with one attached hydrogen (secondary N) is 1. The second-order valence-electron chi connectivity index (χ2n) is 4.26. The molecule has 0 atom stereocenters. The zero-order chi connectivity index (χ0) is 10.6. The maximum Gasteiger partial charge on any atom is 0.222 e. The average molecular weight is 200 g/mol. The molecule has 0 unspecified atom stereocenters. The molecular weight excluding hydrogens is 180 g/mol. The van der Waals surface area contributed by atoms with Crippen molar-refractivity contribution in [2.45, 2.75) is 31.2 Å². The highest BCUT2D eigenvalue weighted by atomic mass is 16.3. The molecule has 1 aliphatic rings. The van der Waals surface area contributed by atoms with Gasteiger partial charge in [0, 0.05) is 26.1 Å². The fourth-order valence-corrected chi connectivity index (χ4v) is 1.36. The van der Waals surface area contributed by atoms with Crippen LogP contribution in [0.2, 0.25) is 0 Å². The van der Waals surface area contributed by atoms with Crippen molar-refractivity contribution >= 4 is 5.91 Å². The van der Waals surface area contributed by atoms with Crippen LogP contribution in [0.25, 0.3) is 0 Å². The van der Waals surface area contributed by atoms with E-state index in [0.717, 1.165) is 25.8 Å². The van der Waals surface area contributed by atoms with E-state index in [1.165, 1.54) is 0 Å². The summed E-state index contributed by atoms with van der Waals surface area (Å²) in [7, 11) is 3.54. The molecule has 0 radical (unpaired) electrons. The normalized spacial score (nSPS) is 17.9. The van der Waals surface area contributed by atoms with Crippen LogP contribution in [0.3, 0.4) is 0 Å². The average Bonchev–Trinajstić information content (AvgIpc) is 2.93. The van der Waals surface area contributed by atoms with E-state index >= 15 is 0 Å². The van der Waals surface area contributed by atoms with Gasteiger partial charge in [0.15, 0.2) is 0 Å². The zero-order valence-corrected chi connectivity index (χ0v) is 9.05. The molecule has 2 N–H and O–H groups in total. The van der Waals surface area contributed by atoms with E-state index in [4.69, 9.17) is 5.11 Å². The lowest BCUT2D eigenvalue weighted by Gasteiger charge is -2.14. The summed E-state index contributed by atoms with van der Waals surface area (Å²) in [6, 6.07) is 0. The fourth-order valence-electron chi connectivity index (χ4n) is 1.36. The largest absolute Gasteiger partial charge is 0.394 e. The SMILES string of the molecule is CN(C)C(=O)CCCNC1(CO)CC1. The molecule has 0 aromatic carbocycles. The topological polar surface area (TPSA) is 52.6 Å². The van der Waals surface area contributed by atoms with E-state index < -0.39 is 0 Å². The van der Waals surface area contributed by atoms with Crippen LogP contribution in [0, 0.1) is 0 Å². The minimum atomic E-state index is 0.00115.